The topological polar surface area (TPSA) is 154 Å². The number of carbonyl (C=O) groups is 5. The second kappa shape index (κ2) is 20.2. The third kappa shape index (κ3) is 13.5. The predicted octanol–water partition coefficient (Wildman–Crippen LogP) is 5.83. The van der Waals surface area contributed by atoms with Gasteiger partial charge >= 0.3 is 6.03 Å². The minimum Gasteiger partial charge on any atom is -0.346 e. The van der Waals surface area contributed by atoms with Crippen LogP contribution in [0.1, 0.15) is 150 Å². The van der Waals surface area contributed by atoms with Gasteiger partial charge in [0.15, 0.2) is 0 Å². The molecule has 5 rings (SSSR count). The zero-order valence-electron chi connectivity index (χ0n) is 33.1. The van der Waals surface area contributed by atoms with E-state index in [9.17, 15) is 28.2 Å². The van der Waals surface area contributed by atoms with Crippen molar-refractivity contribution in [2.45, 2.75) is 178 Å². The van der Waals surface area contributed by atoms with Crippen LogP contribution in [0.3, 0.4) is 0 Å². The van der Waals surface area contributed by atoms with Crippen LogP contribution in [0, 0.1) is 17.8 Å². The number of amides is 5. The van der Waals surface area contributed by atoms with E-state index in [0.29, 0.717) is 31.6 Å². The first kappa shape index (κ1) is 43.0. The lowest BCUT2D eigenvalue weighted by Crippen LogP contribution is -2.62. The standard InChI is InChI=1S/C36H59N5O6S.C5H10/c1-5-21-37-32(44)30(42)27(23-25-17-18-25)38-31(43)28-16-13-22-41(28)33(45)29(26-14-9-6-7-10-15-26)39-34(46)40-36(19-11-8-12-20-36)24-48(47)35(2,3)4;1-2-5-3-4-5/h5,25-29H,1,6-24H2,2-4H3,(H,37,44)(H,38,43)(H2,39,40,46);5H,2-4H2,1H3. The maximum Gasteiger partial charge on any atom is 0.315 e. The molecule has 4 saturated carbocycles. The van der Waals surface area contributed by atoms with Gasteiger partial charge < -0.3 is 26.2 Å². The number of hydrogen-bond donors (Lipinski definition) is 4. The van der Waals surface area contributed by atoms with Gasteiger partial charge in [-0.3, -0.25) is 23.4 Å². The Kier molecular flexibility index (Phi) is 16.4. The van der Waals surface area contributed by atoms with Crippen LogP contribution in [0.25, 0.3) is 0 Å². The van der Waals surface area contributed by atoms with Crippen molar-refractivity contribution in [2.24, 2.45) is 17.8 Å². The molecule has 4 unspecified atom stereocenters. The average molecular weight is 760 g/mol. The lowest BCUT2D eigenvalue weighted by atomic mass is 9.83. The fourth-order valence-electron chi connectivity index (χ4n) is 8.05. The van der Waals surface area contributed by atoms with Crippen molar-refractivity contribution < 1.29 is 28.2 Å². The van der Waals surface area contributed by atoms with Crippen LogP contribution in [-0.4, -0.2) is 85.9 Å². The molecule has 53 heavy (non-hydrogen) atoms. The number of nitrogens with zero attached hydrogens (tertiary/aromatic N) is 1. The molecule has 0 bridgehead atoms. The maximum absolute atomic E-state index is 14.4. The van der Waals surface area contributed by atoms with Gasteiger partial charge in [-0.1, -0.05) is 90.0 Å². The van der Waals surface area contributed by atoms with Crippen LogP contribution in [0.5, 0.6) is 0 Å². The monoisotopic (exact) mass is 759 g/mol. The van der Waals surface area contributed by atoms with E-state index < -0.39 is 62.8 Å². The molecule has 11 nitrogen and oxygen atoms in total. The van der Waals surface area contributed by atoms with Crippen molar-refractivity contribution in [3.8, 4) is 0 Å². The van der Waals surface area contributed by atoms with Crippen LogP contribution in [0.2, 0.25) is 0 Å². The highest BCUT2D eigenvalue weighted by molar-refractivity contribution is 7.86. The SMILES string of the molecule is C=CCNC(=O)C(=O)C(CC1CC1)NC(=O)C1CCCN1C(=O)C(NC(=O)NC1(CS(=O)C(C)(C)C)CCCCC1)C1CCCCCC1.CCC1CC1. The molecule has 0 aromatic carbocycles. The number of nitrogens with one attached hydrogen (secondary N) is 4. The fourth-order valence-corrected chi connectivity index (χ4v) is 9.35. The first-order chi connectivity index (χ1) is 25.3. The lowest BCUT2D eigenvalue weighted by molar-refractivity contribution is -0.143. The lowest BCUT2D eigenvalue weighted by Gasteiger charge is -2.40. The van der Waals surface area contributed by atoms with Crippen molar-refractivity contribution >= 4 is 40.3 Å². The number of carbonyl (C=O) groups excluding carboxylic acids is 5. The number of rotatable bonds is 15. The van der Waals surface area contributed by atoms with Crippen LogP contribution in [0.15, 0.2) is 12.7 Å². The van der Waals surface area contributed by atoms with Crippen molar-refractivity contribution in [3.05, 3.63) is 12.7 Å². The van der Waals surface area contributed by atoms with E-state index in [0.717, 1.165) is 89.4 Å². The summed E-state index contributed by atoms with van der Waals surface area (Å²) in [5.74, 6) is -0.451. The van der Waals surface area contributed by atoms with Gasteiger partial charge in [0.1, 0.15) is 12.1 Å². The van der Waals surface area contributed by atoms with E-state index in [1.807, 2.05) is 20.8 Å². The third-order valence-corrected chi connectivity index (χ3v) is 14.0. The van der Waals surface area contributed by atoms with Crippen molar-refractivity contribution in [1.29, 1.82) is 0 Å². The van der Waals surface area contributed by atoms with Crippen molar-refractivity contribution in [2.75, 3.05) is 18.8 Å². The third-order valence-electron chi connectivity index (χ3n) is 11.8. The zero-order chi connectivity index (χ0) is 38.6. The van der Waals surface area contributed by atoms with Crippen molar-refractivity contribution in [1.82, 2.24) is 26.2 Å². The molecule has 1 heterocycles. The molecule has 0 radical (unpaired) electrons. The summed E-state index contributed by atoms with van der Waals surface area (Å²) in [6, 6.07) is -2.98. The molecule has 0 aromatic rings. The van der Waals surface area contributed by atoms with E-state index >= 15 is 0 Å². The Bertz CT molecular complexity index is 1290. The van der Waals surface area contributed by atoms with E-state index in [4.69, 9.17) is 0 Å². The molecule has 1 saturated heterocycles. The smallest absolute Gasteiger partial charge is 0.315 e. The highest BCUT2D eigenvalue weighted by Crippen LogP contribution is 2.35. The molecule has 4 aliphatic carbocycles. The first-order valence-corrected chi connectivity index (χ1v) is 22.1. The van der Waals surface area contributed by atoms with Gasteiger partial charge in [-0.2, -0.15) is 0 Å². The first-order valence-electron chi connectivity index (χ1n) is 20.8. The molecule has 5 amide bonds. The highest BCUT2D eigenvalue weighted by Gasteiger charge is 2.44. The number of hydrogen-bond acceptors (Lipinski definition) is 6. The van der Waals surface area contributed by atoms with E-state index in [2.05, 4.69) is 34.8 Å². The summed E-state index contributed by atoms with van der Waals surface area (Å²) in [6.07, 6.45) is 19.4. The van der Waals surface area contributed by atoms with Crippen LogP contribution in [0.4, 0.5) is 4.79 Å². The molecule has 1 aliphatic heterocycles. The quantitative estimate of drug-likeness (QED) is 0.0937. The Hall–Kier alpha value is -2.76. The van der Waals surface area contributed by atoms with Gasteiger partial charge in [0.2, 0.25) is 17.6 Å². The summed E-state index contributed by atoms with van der Waals surface area (Å²) >= 11 is 0. The summed E-state index contributed by atoms with van der Waals surface area (Å²) in [5, 5.41) is 11.6. The summed E-state index contributed by atoms with van der Waals surface area (Å²) in [7, 11) is -1.16. The molecular formula is C41H69N5O6S. The number of likely N-dealkylation sites (tertiary alicyclic amines) is 1. The Labute approximate surface area is 321 Å². The summed E-state index contributed by atoms with van der Waals surface area (Å²) in [6.45, 7) is 12.2. The largest absolute Gasteiger partial charge is 0.346 e. The molecule has 4 atom stereocenters. The second-order valence-electron chi connectivity index (χ2n) is 17.4. The molecule has 5 aliphatic rings. The average Bonchev–Trinajstić information content (AvgIpc) is 4.06. The summed E-state index contributed by atoms with van der Waals surface area (Å²) < 4.78 is 12.9. The summed E-state index contributed by atoms with van der Waals surface area (Å²) in [4.78, 5) is 69.1. The molecule has 300 valence electrons. The molecule has 0 aromatic heterocycles. The minimum atomic E-state index is -1.16. The molecule has 12 heteroatoms. The maximum atomic E-state index is 14.4. The molecule has 0 spiro atoms. The van der Waals surface area contributed by atoms with E-state index in [-0.39, 0.29) is 24.3 Å². The molecular weight excluding hydrogens is 691 g/mol. The van der Waals surface area contributed by atoms with Crippen LogP contribution >= 0.6 is 0 Å². The number of Topliss-reactive ketones (excluding diaryl/α,β-unsaturated/α-hetero) is 1. The van der Waals surface area contributed by atoms with Gasteiger partial charge in [0.05, 0.1) is 11.6 Å². The van der Waals surface area contributed by atoms with Gasteiger partial charge in [-0.15, -0.1) is 6.58 Å². The predicted molar refractivity (Wildman–Crippen MR) is 210 cm³/mol. The summed E-state index contributed by atoms with van der Waals surface area (Å²) in [5.41, 5.74) is -0.603. The Morgan fingerprint density at radius 1 is 0.849 bits per heavy atom. The zero-order valence-corrected chi connectivity index (χ0v) is 33.9. The van der Waals surface area contributed by atoms with E-state index in [1.165, 1.54) is 25.3 Å². The molecule has 4 N–H and O–H groups in total. The van der Waals surface area contributed by atoms with Gasteiger partial charge in [-0.25, -0.2) is 4.79 Å². The number of ketones is 1. The fraction of sp³-hybridized carbons (Fsp3) is 0.829. The minimum absolute atomic E-state index is 0.0705. The Morgan fingerprint density at radius 3 is 2.02 bits per heavy atom. The highest BCUT2D eigenvalue weighted by atomic mass is 32.2. The number of urea groups is 1. The van der Waals surface area contributed by atoms with Crippen LogP contribution in [-0.2, 0) is 30.0 Å². The second-order valence-corrected chi connectivity index (χ2v) is 19.6. The van der Waals surface area contributed by atoms with Crippen LogP contribution < -0.4 is 21.3 Å². The Morgan fingerprint density at radius 2 is 1.47 bits per heavy atom. The van der Waals surface area contributed by atoms with Gasteiger partial charge in [-0.05, 0) is 83.5 Å². The normalized spacial score (nSPS) is 23.5. The van der Waals surface area contributed by atoms with E-state index in [1.54, 1.807) is 4.90 Å². The Balaban J connectivity index is 0.00000115. The van der Waals surface area contributed by atoms with Crippen molar-refractivity contribution in [3.63, 3.8) is 0 Å². The van der Waals surface area contributed by atoms with Gasteiger partial charge in [0.25, 0.3) is 5.91 Å². The molecule has 5 fully saturated rings. The van der Waals surface area contributed by atoms with Gasteiger partial charge in [0, 0.05) is 34.4 Å².